The highest BCUT2D eigenvalue weighted by atomic mass is 19.1. The molecule has 0 aliphatic carbocycles. The maximum absolute atomic E-state index is 14.2. The lowest BCUT2D eigenvalue weighted by atomic mass is 9.88. The molecule has 10 heteroatoms. The normalized spacial score (nSPS) is 25.7. The second-order valence-electron chi connectivity index (χ2n) is 14.9. The lowest BCUT2D eigenvalue weighted by molar-refractivity contribution is -0.122. The maximum Gasteiger partial charge on any atom is 0.410 e. The SMILES string of the molecule is C[C@@H]1CN(CC(=O)N2CC(C)(C)c3cnc(Cc4ccc(F)cc4)cc32)[C@@H](CN2[C@H](C)COC[C@H]2C)CN1C(=O)OC(C)(C)C. The Bertz CT molecular complexity index is 1370. The molecule has 0 N–H and O–H groups in total. The van der Waals surface area contributed by atoms with E-state index in [-0.39, 0.29) is 53.9 Å². The van der Waals surface area contributed by atoms with Crippen molar-refractivity contribution in [2.24, 2.45) is 0 Å². The average Bonchev–Trinajstić information content (AvgIpc) is 3.22. The minimum absolute atomic E-state index is 0.0340. The summed E-state index contributed by atoms with van der Waals surface area (Å²) in [6, 6.07) is 8.78. The molecule has 45 heavy (non-hydrogen) atoms. The van der Waals surface area contributed by atoms with Crippen LogP contribution in [-0.2, 0) is 26.1 Å². The van der Waals surface area contributed by atoms with Crippen molar-refractivity contribution < 1.29 is 23.5 Å². The van der Waals surface area contributed by atoms with Crippen LogP contribution < -0.4 is 4.90 Å². The molecule has 0 unspecified atom stereocenters. The molecule has 5 rings (SSSR count). The molecule has 0 saturated carbocycles. The predicted molar refractivity (Wildman–Crippen MR) is 173 cm³/mol. The number of amides is 2. The summed E-state index contributed by atoms with van der Waals surface area (Å²) in [5.41, 5.74) is 2.91. The van der Waals surface area contributed by atoms with Gasteiger partial charge in [-0.1, -0.05) is 26.0 Å². The zero-order valence-electron chi connectivity index (χ0n) is 28.2. The number of benzene rings is 1. The van der Waals surface area contributed by atoms with Crippen molar-refractivity contribution in [3.05, 3.63) is 59.2 Å². The number of hydrogen-bond acceptors (Lipinski definition) is 7. The number of pyridine rings is 1. The van der Waals surface area contributed by atoms with Crippen molar-refractivity contribution >= 4 is 17.7 Å². The van der Waals surface area contributed by atoms with Crippen LogP contribution in [-0.4, -0.2) is 107 Å². The number of aromatic nitrogens is 1. The topological polar surface area (TPSA) is 78.5 Å². The summed E-state index contributed by atoms with van der Waals surface area (Å²) in [6.45, 7) is 20.2. The van der Waals surface area contributed by atoms with E-state index >= 15 is 0 Å². The fourth-order valence-electron chi connectivity index (χ4n) is 6.88. The zero-order chi connectivity index (χ0) is 32.7. The van der Waals surface area contributed by atoms with E-state index in [1.165, 1.54) is 12.1 Å². The average molecular weight is 624 g/mol. The van der Waals surface area contributed by atoms with Gasteiger partial charge < -0.3 is 19.3 Å². The summed E-state index contributed by atoms with van der Waals surface area (Å²) in [7, 11) is 0. The van der Waals surface area contributed by atoms with Gasteiger partial charge in [0.2, 0.25) is 5.91 Å². The van der Waals surface area contributed by atoms with Crippen LogP contribution in [0.5, 0.6) is 0 Å². The number of anilines is 1. The van der Waals surface area contributed by atoms with Gasteiger partial charge in [-0.3, -0.25) is 19.6 Å². The maximum atomic E-state index is 14.2. The van der Waals surface area contributed by atoms with Gasteiger partial charge in [0.05, 0.1) is 25.4 Å². The summed E-state index contributed by atoms with van der Waals surface area (Å²) >= 11 is 0. The van der Waals surface area contributed by atoms with Gasteiger partial charge in [0, 0.05) is 79.6 Å². The summed E-state index contributed by atoms with van der Waals surface area (Å²) in [5.74, 6) is -0.233. The van der Waals surface area contributed by atoms with E-state index in [1.54, 1.807) is 12.1 Å². The van der Waals surface area contributed by atoms with E-state index in [0.717, 1.165) is 29.1 Å². The molecular formula is C35H50FN5O4. The molecule has 2 amide bonds. The summed E-state index contributed by atoms with van der Waals surface area (Å²) < 4.78 is 25.0. The van der Waals surface area contributed by atoms with Crippen molar-refractivity contribution in [2.75, 3.05) is 50.8 Å². The molecule has 1 aromatic heterocycles. The van der Waals surface area contributed by atoms with Gasteiger partial charge in [0.1, 0.15) is 11.4 Å². The minimum Gasteiger partial charge on any atom is -0.444 e. The number of morpholine rings is 1. The molecule has 0 radical (unpaired) electrons. The largest absolute Gasteiger partial charge is 0.444 e. The van der Waals surface area contributed by atoms with Gasteiger partial charge >= 0.3 is 6.09 Å². The quantitative estimate of drug-likeness (QED) is 0.455. The standard InChI is InChI=1S/C35H50FN5O4/c1-23-16-38(29(17-39-24(2)20-44-21-25(39)3)18-40(23)33(43)45-34(4,5)6)19-32(42)41-22-35(7,8)30-15-37-28(14-31(30)41)13-26-9-11-27(36)12-10-26/h9-12,14-15,23-25,29H,13,16-22H2,1-8H3/t23-,24-,25-,29+/m1/s1. The van der Waals surface area contributed by atoms with Gasteiger partial charge in [-0.05, 0) is 65.3 Å². The van der Waals surface area contributed by atoms with Crippen LogP contribution >= 0.6 is 0 Å². The number of hydrogen-bond donors (Lipinski definition) is 0. The molecule has 3 aliphatic rings. The van der Waals surface area contributed by atoms with Crippen molar-refractivity contribution in [1.29, 1.82) is 0 Å². The second kappa shape index (κ2) is 13.0. The number of carbonyl (C=O) groups excluding carboxylic acids is 2. The first-order valence-electron chi connectivity index (χ1n) is 16.2. The molecule has 4 heterocycles. The highest BCUT2D eigenvalue weighted by Gasteiger charge is 2.42. The van der Waals surface area contributed by atoms with E-state index in [2.05, 4.69) is 37.5 Å². The van der Waals surface area contributed by atoms with Gasteiger partial charge in [-0.25, -0.2) is 9.18 Å². The number of ether oxygens (including phenoxy) is 2. The Morgan fingerprint density at radius 3 is 2.36 bits per heavy atom. The monoisotopic (exact) mass is 623 g/mol. The Labute approximate surface area is 267 Å². The molecule has 2 aromatic rings. The van der Waals surface area contributed by atoms with Crippen molar-refractivity contribution in [2.45, 2.75) is 97.0 Å². The first-order valence-corrected chi connectivity index (χ1v) is 16.2. The van der Waals surface area contributed by atoms with Crippen LogP contribution in [0.2, 0.25) is 0 Å². The predicted octanol–water partition coefficient (Wildman–Crippen LogP) is 4.85. The molecule has 9 nitrogen and oxygen atoms in total. The Morgan fingerprint density at radius 2 is 1.71 bits per heavy atom. The summed E-state index contributed by atoms with van der Waals surface area (Å²) in [5, 5.41) is 0. The molecule has 3 aliphatic heterocycles. The van der Waals surface area contributed by atoms with Gasteiger partial charge in [-0.2, -0.15) is 0 Å². The van der Waals surface area contributed by atoms with E-state index < -0.39 is 5.60 Å². The van der Waals surface area contributed by atoms with Gasteiger partial charge in [0.25, 0.3) is 0 Å². The van der Waals surface area contributed by atoms with Crippen LogP contribution in [0.3, 0.4) is 0 Å². The molecule has 2 saturated heterocycles. The first-order chi connectivity index (χ1) is 21.1. The highest BCUT2D eigenvalue weighted by Crippen LogP contribution is 2.41. The van der Waals surface area contributed by atoms with Crippen molar-refractivity contribution in [3.63, 3.8) is 0 Å². The Morgan fingerprint density at radius 1 is 1.04 bits per heavy atom. The Kier molecular flexibility index (Phi) is 9.59. The second-order valence-corrected chi connectivity index (χ2v) is 14.9. The molecule has 1 aromatic carbocycles. The fraction of sp³-hybridized carbons (Fsp3) is 0.629. The number of halogens is 1. The molecule has 0 spiro atoms. The lowest BCUT2D eigenvalue weighted by Gasteiger charge is -2.49. The summed E-state index contributed by atoms with van der Waals surface area (Å²) in [6.07, 6.45) is 2.14. The third-order valence-electron chi connectivity index (χ3n) is 9.30. The number of fused-ring (bicyclic) bond motifs is 1. The van der Waals surface area contributed by atoms with Gasteiger partial charge in [0.15, 0.2) is 0 Å². The van der Waals surface area contributed by atoms with E-state index in [4.69, 9.17) is 14.5 Å². The molecule has 4 atom stereocenters. The molecule has 246 valence electrons. The van der Waals surface area contributed by atoms with Crippen molar-refractivity contribution in [1.82, 2.24) is 19.7 Å². The summed E-state index contributed by atoms with van der Waals surface area (Å²) in [4.78, 5) is 40.7. The third kappa shape index (κ3) is 7.67. The fourth-order valence-corrected chi connectivity index (χ4v) is 6.88. The third-order valence-corrected chi connectivity index (χ3v) is 9.30. The zero-order valence-corrected chi connectivity index (χ0v) is 28.2. The Balaban J connectivity index is 1.37. The minimum atomic E-state index is -0.590. The number of nitrogens with zero attached hydrogens (tertiary/aromatic N) is 5. The number of piperazine rings is 1. The molecule has 0 bridgehead atoms. The van der Waals surface area contributed by atoms with Crippen LogP contribution in [0.25, 0.3) is 0 Å². The van der Waals surface area contributed by atoms with Crippen molar-refractivity contribution in [3.8, 4) is 0 Å². The highest BCUT2D eigenvalue weighted by molar-refractivity contribution is 5.97. The van der Waals surface area contributed by atoms with E-state index in [9.17, 15) is 14.0 Å². The van der Waals surface area contributed by atoms with Crippen LogP contribution in [0.1, 0.15) is 72.2 Å². The lowest BCUT2D eigenvalue weighted by Crippen LogP contribution is -2.65. The number of carbonyl (C=O) groups is 2. The molecule has 2 fully saturated rings. The van der Waals surface area contributed by atoms with Crippen LogP contribution in [0, 0.1) is 5.82 Å². The number of rotatable bonds is 6. The van der Waals surface area contributed by atoms with Crippen LogP contribution in [0.15, 0.2) is 36.5 Å². The van der Waals surface area contributed by atoms with E-state index in [0.29, 0.717) is 39.3 Å². The van der Waals surface area contributed by atoms with E-state index in [1.807, 2.05) is 49.8 Å². The Hall–Kier alpha value is -3.08. The van der Waals surface area contributed by atoms with Crippen LogP contribution in [0.4, 0.5) is 14.9 Å². The van der Waals surface area contributed by atoms with Gasteiger partial charge in [-0.15, -0.1) is 0 Å². The first kappa shape index (κ1) is 33.3. The molecular weight excluding hydrogens is 573 g/mol. The smallest absolute Gasteiger partial charge is 0.410 e.